The zero-order valence-electron chi connectivity index (χ0n) is 8.56. The van der Waals surface area contributed by atoms with Crippen molar-refractivity contribution in [3.05, 3.63) is 24.3 Å². The van der Waals surface area contributed by atoms with Crippen LogP contribution in [-0.4, -0.2) is 22.8 Å². The van der Waals surface area contributed by atoms with Crippen molar-refractivity contribution in [3.8, 4) is 0 Å². The standard InChI is InChI=1S/C11H16O3/c1-3-4-5-6-7-11(2)9(12)8-10(13)14-11/h4-7,9,12H,3,8H2,1-2H3/b5-4+,7-6+. The highest BCUT2D eigenvalue weighted by molar-refractivity contribution is 5.73. The second-order valence-electron chi connectivity index (χ2n) is 3.57. The van der Waals surface area contributed by atoms with Gasteiger partial charge in [0.15, 0.2) is 5.60 Å². The van der Waals surface area contributed by atoms with E-state index in [9.17, 15) is 9.90 Å². The second kappa shape index (κ2) is 4.42. The molecule has 0 bridgehead atoms. The average molecular weight is 196 g/mol. The number of ether oxygens (including phenoxy) is 1. The third kappa shape index (κ3) is 2.45. The van der Waals surface area contributed by atoms with E-state index in [2.05, 4.69) is 0 Å². The molecule has 1 heterocycles. The first-order valence-electron chi connectivity index (χ1n) is 4.83. The van der Waals surface area contributed by atoms with Gasteiger partial charge in [-0.1, -0.05) is 25.2 Å². The van der Waals surface area contributed by atoms with Crippen molar-refractivity contribution in [2.45, 2.75) is 38.4 Å². The molecule has 78 valence electrons. The largest absolute Gasteiger partial charge is 0.452 e. The lowest BCUT2D eigenvalue weighted by Crippen LogP contribution is -2.33. The SMILES string of the molecule is CC/C=C/C=C/C1(C)OC(=O)CC1O. The molecule has 0 aromatic carbocycles. The molecule has 1 aliphatic rings. The number of hydrogen-bond donors (Lipinski definition) is 1. The van der Waals surface area contributed by atoms with Crippen LogP contribution in [0.2, 0.25) is 0 Å². The van der Waals surface area contributed by atoms with E-state index in [-0.39, 0.29) is 12.4 Å². The molecule has 0 aromatic rings. The van der Waals surface area contributed by atoms with Gasteiger partial charge in [-0.2, -0.15) is 0 Å². The van der Waals surface area contributed by atoms with E-state index < -0.39 is 11.7 Å². The minimum atomic E-state index is -0.852. The number of cyclic esters (lactones) is 1. The van der Waals surface area contributed by atoms with E-state index in [0.717, 1.165) is 6.42 Å². The maximum atomic E-state index is 10.9. The molecule has 0 amide bonds. The molecule has 1 aliphatic heterocycles. The summed E-state index contributed by atoms with van der Waals surface area (Å²) in [5.41, 5.74) is -0.852. The van der Waals surface area contributed by atoms with Gasteiger partial charge in [0.2, 0.25) is 0 Å². The van der Waals surface area contributed by atoms with Crippen LogP contribution in [0.4, 0.5) is 0 Å². The van der Waals surface area contributed by atoms with E-state index in [0.29, 0.717) is 0 Å². The van der Waals surface area contributed by atoms with Gasteiger partial charge in [-0.25, -0.2) is 0 Å². The normalized spacial score (nSPS) is 33.1. The van der Waals surface area contributed by atoms with Gasteiger partial charge in [-0.3, -0.25) is 4.79 Å². The lowest BCUT2D eigenvalue weighted by Gasteiger charge is -2.21. The minimum Gasteiger partial charge on any atom is -0.452 e. The number of esters is 1. The molecule has 0 aromatic heterocycles. The summed E-state index contributed by atoms with van der Waals surface area (Å²) in [4.78, 5) is 10.9. The summed E-state index contributed by atoms with van der Waals surface area (Å²) in [6, 6.07) is 0. The Labute approximate surface area is 84.1 Å². The van der Waals surface area contributed by atoms with Crippen LogP contribution in [0.1, 0.15) is 26.7 Å². The van der Waals surface area contributed by atoms with Gasteiger partial charge in [0.1, 0.15) is 6.10 Å². The first kappa shape index (κ1) is 11.0. The lowest BCUT2D eigenvalue weighted by molar-refractivity contribution is -0.145. The Kier molecular flexibility index (Phi) is 3.47. The molecule has 0 spiro atoms. The minimum absolute atomic E-state index is 0.0817. The van der Waals surface area contributed by atoms with Crippen molar-refractivity contribution in [1.29, 1.82) is 0 Å². The molecule has 1 saturated heterocycles. The van der Waals surface area contributed by atoms with Crippen LogP contribution in [0, 0.1) is 0 Å². The van der Waals surface area contributed by atoms with Gasteiger partial charge < -0.3 is 9.84 Å². The Morgan fingerprint density at radius 2 is 2.36 bits per heavy atom. The fourth-order valence-corrected chi connectivity index (χ4v) is 1.32. The third-order valence-corrected chi connectivity index (χ3v) is 2.27. The zero-order valence-corrected chi connectivity index (χ0v) is 8.56. The Morgan fingerprint density at radius 3 is 2.86 bits per heavy atom. The Balaban J connectivity index is 2.62. The van der Waals surface area contributed by atoms with Crippen molar-refractivity contribution in [1.82, 2.24) is 0 Å². The number of carbonyl (C=O) groups excluding carboxylic acids is 1. The summed E-state index contributed by atoms with van der Waals surface area (Å²) < 4.78 is 5.03. The quantitative estimate of drug-likeness (QED) is 0.550. The maximum Gasteiger partial charge on any atom is 0.309 e. The number of aliphatic hydroxyl groups is 1. The smallest absolute Gasteiger partial charge is 0.309 e. The molecular weight excluding hydrogens is 180 g/mol. The second-order valence-corrected chi connectivity index (χ2v) is 3.57. The summed E-state index contributed by atoms with van der Waals surface area (Å²) in [5.74, 6) is -0.343. The third-order valence-electron chi connectivity index (χ3n) is 2.27. The molecule has 1 rings (SSSR count). The van der Waals surface area contributed by atoms with Crippen molar-refractivity contribution in [2.24, 2.45) is 0 Å². The molecule has 2 atom stereocenters. The molecule has 0 radical (unpaired) electrons. The molecule has 14 heavy (non-hydrogen) atoms. The summed E-state index contributed by atoms with van der Waals surface area (Å²) in [5, 5.41) is 9.55. The van der Waals surface area contributed by atoms with Crippen molar-refractivity contribution < 1.29 is 14.6 Å². The highest BCUT2D eigenvalue weighted by Crippen LogP contribution is 2.27. The van der Waals surface area contributed by atoms with Gasteiger partial charge in [-0.05, 0) is 19.4 Å². The molecule has 3 heteroatoms. The van der Waals surface area contributed by atoms with Crippen LogP contribution in [0.3, 0.4) is 0 Å². The molecule has 1 fully saturated rings. The molecule has 0 aliphatic carbocycles. The van der Waals surface area contributed by atoms with Gasteiger partial charge in [0.25, 0.3) is 0 Å². The average Bonchev–Trinajstić information content (AvgIpc) is 2.36. The predicted molar refractivity (Wildman–Crippen MR) is 53.7 cm³/mol. The fourth-order valence-electron chi connectivity index (χ4n) is 1.32. The first-order chi connectivity index (χ1) is 6.58. The van der Waals surface area contributed by atoms with Crippen LogP contribution in [-0.2, 0) is 9.53 Å². The summed E-state index contributed by atoms with van der Waals surface area (Å²) >= 11 is 0. The van der Waals surface area contributed by atoms with Crippen LogP contribution >= 0.6 is 0 Å². The van der Waals surface area contributed by atoms with E-state index in [1.165, 1.54) is 0 Å². The highest BCUT2D eigenvalue weighted by atomic mass is 16.6. The molecule has 3 nitrogen and oxygen atoms in total. The monoisotopic (exact) mass is 196 g/mol. The van der Waals surface area contributed by atoms with Gasteiger partial charge in [-0.15, -0.1) is 0 Å². The van der Waals surface area contributed by atoms with Crippen LogP contribution < -0.4 is 0 Å². The van der Waals surface area contributed by atoms with E-state index >= 15 is 0 Å². The number of carbonyl (C=O) groups is 1. The van der Waals surface area contributed by atoms with Crippen molar-refractivity contribution >= 4 is 5.97 Å². The zero-order chi connectivity index (χ0) is 10.6. The fraction of sp³-hybridized carbons (Fsp3) is 0.545. The summed E-state index contributed by atoms with van der Waals surface area (Å²) in [7, 11) is 0. The predicted octanol–water partition coefficient (Wildman–Crippen LogP) is 1.58. The molecule has 0 saturated carbocycles. The van der Waals surface area contributed by atoms with Gasteiger partial charge in [0.05, 0.1) is 6.42 Å². The van der Waals surface area contributed by atoms with E-state index in [1.54, 1.807) is 19.1 Å². The molecule has 1 N–H and O–H groups in total. The molecule has 2 unspecified atom stereocenters. The number of aliphatic hydroxyl groups excluding tert-OH is 1. The number of hydrogen-bond acceptors (Lipinski definition) is 3. The van der Waals surface area contributed by atoms with Crippen LogP contribution in [0.15, 0.2) is 24.3 Å². The number of allylic oxidation sites excluding steroid dienone is 3. The van der Waals surface area contributed by atoms with E-state index in [1.807, 2.05) is 19.1 Å². The molecular formula is C11H16O3. The summed E-state index contributed by atoms with van der Waals surface area (Å²) in [6.45, 7) is 3.75. The van der Waals surface area contributed by atoms with E-state index in [4.69, 9.17) is 4.74 Å². The van der Waals surface area contributed by atoms with Crippen molar-refractivity contribution in [3.63, 3.8) is 0 Å². The Morgan fingerprint density at radius 1 is 1.64 bits per heavy atom. The lowest BCUT2D eigenvalue weighted by atomic mass is 9.99. The van der Waals surface area contributed by atoms with Crippen molar-refractivity contribution in [2.75, 3.05) is 0 Å². The van der Waals surface area contributed by atoms with Crippen LogP contribution in [0.5, 0.6) is 0 Å². The first-order valence-corrected chi connectivity index (χ1v) is 4.83. The Bertz CT molecular complexity index is 268. The van der Waals surface area contributed by atoms with Gasteiger partial charge in [0, 0.05) is 0 Å². The summed E-state index contributed by atoms with van der Waals surface area (Å²) in [6.07, 6.45) is 7.69. The Hall–Kier alpha value is -1.09. The maximum absolute atomic E-state index is 10.9. The van der Waals surface area contributed by atoms with Crippen LogP contribution in [0.25, 0.3) is 0 Å². The number of rotatable bonds is 3. The van der Waals surface area contributed by atoms with Gasteiger partial charge >= 0.3 is 5.97 Å². The topological polar surface area (TPSA) is 46.5 Å². The highest BCUT2D eigenvalue weighted by Gasteiger charge is 2.42.